The van der Waals surface area contributed by atoms with Crippen molar-refractivity contribution in [1.29, 1.82) is 0 Å². The van der Waals surface area contributed by atoms with Gasteiger partial charge < -0.3 is 5.32 Å². The molecule has 0 amide bonds. The predicted octanol–water partition coefficient (Wildman–Crippen LogP) is 4.71. The van der Waals surface area contributed by atoms with Gasteiger partial charge in [-0.2, -0.15) is 5.10 Å². The number of benzene rings is 1. The van der Waals surface area contributed by atoms with Crippen molar-refractivity contribution in [2.75, 3.05) is 11.9 Å². The number of rotatable bonds is 5. The third-order valence-corrected chi connectivity index (χ3v) is 5.62. The van der Waals surface area contributed by atoms with Crippen LogP contribution in [-0.4, -0.2) is 21.1 Å². The maximum Gasteiger partial charge on any atom is 0.171 e. The molecule has 1 aliphatic rings. The average Bonchev–Trinajstić information content (AvgIpc) is 3.22. The molecule has 1 N–H and O–H groups in total. The Morgan fingerprint density at radius 2 is 1.92 bits per heavy atom. The molecule has 1 aliphatic carbocycles. The number of hydrogen-bond acceptors (Lipinski definition) is 3. The molecule has 0 radical (unpaired) electrons. The zero-order valence-corrected chi connectivity index (χ0v) is 15.2. The normalized spacial score (nSPS) is 16.5. The van der Waals surface area contributed by atoms with Crippen LogP contribution in [0.3, 0.4) is 0 Å². The van der Waals surface area contributed by atoms with Crippen LogP contribution in [0.5, 0.6) is 0 Å². The van der Waals surface area contributed by atoms with Crippen LogP contribution in [0, 0.1) is 5.41 Å². The van der Waals surface area contributed by atoms with Gasteiger partial charge in [0.15, 0.2) is 5.65 Å². The third-order valence-electron chi connectivity index (χ3n) is 5.06. The monoisotopic (exact) mass is 384 g/mol. The molecule has 0 bridgehead atoms. The van der Waals surface area contributed by atoms with Crippen LogP contribution in [-0.2, 0) is 6.42 Å². The Bertz CT molecular complexity index is 822. The molecule has 1 saturated carbocycles. The summed E-state index contributed by atoms with van der Waals surface area (Å²) in [5.41, 5.74) is 2.62. The maximum absolute atomic E-state index is 4.68. The van der Waals surface area contributed by atoms with Crippen LogP contribution >= 0.6 is 15.9 Å². The molecular weight excluding hydrogens is 364 g/mol. The van der Waals surface area contributed by atoms with E-state index in [1.54, 1.807) is 10.7 Å². The second-order valence-corrected chi connectivity index (χ2v) is 7.65. The SMILES string of the molecule is Brc1cnn2ccc(NCC3(Cc4ccccc4)CCCC3)nc12. The lowest BCUT2D eigenvalue weighted by Gasteiger charge is -2.29. The molecule has 1 aromatic carbocycles. The first kappa shape index (κ1) is 15.6. The van der Waals surface area contributed by atoms with Crippen molar-refractivity contribution in [3.63, 3.8) is 0 Å². The molecule has 0 unspecified atom stereocenters. The summed E-state index contributed by atoms with van der Waals surface area (Å²) >= 11 is 3.50. The largest absolute Gasteiger partial charge is 0.369 e. The average molecular weight is 385 g/mol. The summed E-state index contributed by atoms with van der Waals surface area (Å²) in [5, 5.41) is 7.83. The minimum atomic E-state index is 0.340. The van der Waals surface area contributed by atoms with E-state index in [0.29, 0.717) is 5.41 Å². The van der Waals surface area contributed by atoms with E-state index in [-0.39, 0.29) is 0 Å². The number of hydrogen-bond donors (Lipinski definition) is 1. The first-order valence-electron chi connectivity index (χ1n) is 8.52. The first-order chi connectivity index (χ1) is 11.7. The van der Waals surface area contributed by atoms with Gasteiger partial charge in [-0.1, -0.05) is 43.2 Å². The zero-order chi connectivity index (χ0) is 16.4. The van der Waals surface area contributed by atoms with E-state index in [9.17, 15) is 0 Å². The van der Waals surface area contributed by atoms with Crippen LogP contribution < -0.4 is 5.32 Å². The van der Waals surface area contributed by atoms with Crippen molar-refractivity contribution in [2.24, 2.45) is 5.41 Å². The summed E-state index contributed by atoms with van der Waals surface area (Å²) in [6, 6.07) is 12.8. The van der Waals surface area contributed by atoms with Crippen LogP contribution in [0.25, 0.3) is 5.65 Å². The lowest BCUT2D eigenvalue weighted by atomic mass is 9.80. The number of halogens is 1. The molecule has 4 nitrogen and oxygen atoms in total. The minimum absolute atomic E-state index is 0.340. The number of aromatic nitrogens is 3. The zero-order valence-electron chi connectivity index (χ0n) is 13.6. The van der Waals surface area contributed by atoms with Crippen molar-refractivity contribution >= 4 is 27.4 Å². The number of anilines is 1. The number of nitrogens with zero attached hydrogens (tertiary/aromatic N) is 3. The van der Waals surface area contributed by atoms with E-state index in [2.05, 4.69) is 61.7 Å². The fraction of sp³-hybridized carbons (Fsp3) is 0.368. The lowest BCUT2D eigenvalue weighted by molar-refractivity contribution is 0.317. The van der Waals surface area contributed by atoms with Crippen molar-refractivity contribution in [2.45, 2.75) is 32.1 Å². The van der Waals surface area contributed by atoms with E-state index < -0.39 is 0 Å². The van der Waals surface area contributed by atoms with Crippen molar-refractivity contribution in [3.8, 4) is 0 Å². The molecule has 0 atom stereocenters. The molecule has 24 heavy (non-hydrogen) atoms. The summed E-state index contributed by atoms with van der Waals surface area (Å²) in [5.74, 6) is 0.919. The van der Waals surface area contributed by atoms with Gasteiger partial charge in [0.1, 0.15) is 5.82 Å². The fourth-order valence-corrected chi connectivity index (χ4v) is 4.15. The molecule has 5 heteroatoms. The summed E-state index contributed by atoms with van der Waals surface area (Å²) in [6.07, 6.45) is 10.1. The van der Waals surface area contributed by atoms with Gasteiger partial charge in [0.25, 0.3) is 0 Å². The molecule has 4 rings (SSSR count). The van der Waals surface area contributed by atoms with Gasteiger partial charge in [0, 0.05) is 12.7 Å². The Hall–Kier alpha value is -1.88. The van der Waals surface area contributed by atoms with Gasteiger partial charge in [-0.15, -0.1) is 0 Å². The molecular formula is C19H21BrN4. The summed E-state index contributed by atoms with van der Waals surface area (Å²) in [6.45, 7) is 0.969. The van der Waals surface area contributed by atoms with Crippen LogP contribution in [0.4, 0.5) is 5.82 Å². The smallest absolute Gasteiger partial charge is 0.171 e. The Labute approximate surface area is 150 Å². The summed E-state index contributed by atoms with van der Waals surface area (Å²) in [4.78, 5) is 4.68. The number of nitrogens with one attached hydrogen (secondary N) is 1. The number of fused-ring (bicyclic) bond motifs is 1. The van der Waals surface area contributed by atoms with E-state index in [0.717, 1.165) is 28.9 Å². The molecule has 1 fully saturated rings. The Morgan fingerprint density at radius 3 is 2.71 bits per heavy atom. The Morgan fingerprint density at radius 1 is 1.12 bits per heavy atom. The highest BCUT2D eigenvalue weighted by Crippen LogP contribution is 2.41. The molecule has 3 aromatic rings. The van der Waals surface area contributed by atoms with Gasteiger partial charge >= 0.3 is 0 Å². The van der Waals surface area contributed by atoms with Gasteiger partial charge in [-0.05, 0) is 52.2 Å². The first-order valence-corrected chi connectivity index (χ1v) is 9.31. The topological polar surface area (TPSA) is 42.2 Å². The molecule has 124 valence electrons. The highest BCUT2D eigenvalue weighted by molar-refractivity contribution is 9.10. The second-order valence-electron chi connectivity index (χ2n) is 6.80. The van der Waals surface area contributed by atoms with Crippen LogP contribution in [0.2, 0.25) is 0 Å². The van der Waals surface area contributed by atoms with Gasteiger partial charge in [0.2, 0.25) is 0 Å². The van der Waals surface area contributed by atoms with E-state index in [4.69, 9.17) is 0 Å². The molecule has 0 spiro atoms. The second kappa shape index (κ2) is 6.55. The lowest BCUT2D eigenvalue weighted by Crippen LogP contribution is -2.29. The maximum atomic E-state index is 4.68. The third kappa shape index (κ3) is 3.18. The fourth-order valence-electron chi connectivity index (χ4n) is 3.79. The summed E-state index contributed by atoms with van der Waals surface area (Å²) < 4.78 is 2.70. The Kier molecular flexibility index (Phi) is 4.27. The predicted molar refractivity (Wildman–Crippen MR) is 100 cm³/mol. The van der Waals surface area contributed by atoms with Gasteiger partial charge in [-0.25, -0.2) is 9.50 Å². The van der Waals surface area contributed by atoms with Gasteiger partial charge in [0.05, 0.1) is 10.7 Å². The quantitative estimate of drug-likeness (QED) is 0.692. The highest BCUT2D eigenvalue weighted by atomic mass is 79.9. The van der Waals surface area contributed by atoms with Crippen LogP contribution in [0.15, 0.2) is 53.3 Å². The molecule has 0 aliphatic heterocycles. The van der Waals surface area contributed by atoms with Crippen molar-refractivity contribution in [3.05, 3.63) is 58.8 Å². The van der Waals surface area contributed by atoms with Crippen molar-refractivity contribution < 1.29 is 0 Å². The van der Waals surface area contributed by atoms with E-state index >= 15 is 0 Å². The molecule has 2 aromatic heterocycles. The van der Waals surface area contributed by atoms with Crippen LogP contribution in [0.1, 0.15) is 31.2 Å². The Balaban J connectivity index is 1.51. The molecule has 0 saturated heterocycles. The van der Waals surface area contributed by atoms with Gasteiger partial charge in [-0.3, -0.25) is 0 Å². The standard InChI is InChI=1S/C19H21BrN4/c20-16-13-22-24-11-8-17(23-18(16)24)21-14-19(9-4-5-10-19)12-15-6-2-1-3-7-15/h1-3,6-8,11,13H,4-5,9-10,12,14H2,(H,21,23). The van der Waals surface area contributed by atoms with E-state index in [1.807, 2.05) is 12.3 Å². The molecule has 2 heterocycles. The summed E-state index contributed by atoms with van der Waals surface area (Å²) in [7, 11) is 0. The van der Waals surface area contributed by atoms with Crippen molar-refractivity contribution in [1.82, 2.24) is 14.6 Å². The highest BCUT2D eigenvalue weighted by Gasteiger charge is 2.33. The van der Waals surface area contributed by atoms with E-state index in [1.165, 1.54) is 31.2 Å². The minimum Gasteiger partial charge on any atom is -0.369 e.